The summed E-state index contributed by atoms with van der Waals surface area (Å²) < 4.78 is 13.9. The van der Waals surface area contributed by atoms with Gasteiger partial charge in [-0.2, -0.15) is 0 Å². The molecule has 0 saturated carbocycles. The minimum absolute atomic E-state index is 0.0486. The molecule has 0 bridgehead atoms. The van der Waals surface area contributed by atoms with Crippen LogP contribution in [0.3, 0.4) is 0 Å². The lowest BCUT2D eigenvalue weighted by Gasteiger charge is -2.32. The molecule has 4 heteroatoms. The van der Waals surface area contributed by atoms with Gasteiger partial charge in [-0.05, 0) is 87.0 Å². The number of aryl methyl sites for hydroxylation is 2. The SMILES string of the molecule is Cc1cc2c(cc1Br)C(C)(C)c1cc(B3OC(C)(C)C(C)(C)O3)c(C)cc1-2. The van der Waals surface area contributed by atoms with Crippen molar-refractivity contribution in [2.24, 2.45) is 0 Å². The molecule has 0 atom stereocenters. The summed E-state index contributed by atoms with van der Waals surface area (Å²) >= 11 is 3.71. The summed E-state index contributed by atoms with van der Waals surface area (Å²) in [7, 11) is -0.326. The molecule has 0 spiro atoms. The number of benzene rings is 2. The van der Waals surface area contributed by atoms with Crippen molar-refractivity contribution in [1.82, 2.24) is 0 Å². The predicted octanol–water partition coefficient (Wildman–Crippen LogP) is 5.67. The van der Waals surface area contributed by atoms with E-state index in [9.17, 15) is 0 Å². The van der Waals surface area contributed by atoms with Crippen LogP contribution in [0.2, 0.25) is 0 Å². The summed E-state index contributed by atoms with van der Waals surface area (Å²) in [6.07, 6.45) is 0. The van der Waals surface area contributed by atoms with Crippen LogP contribution in [0.4, 0.5) is 0 Å². The number of halogens is 1. The quantitative estimate of drug-likeness (QED) is 0.546. The summed E-state index contributed by atoms with van der Waals surface area (Å²) in [6.45, 7) is 17.4. The monoisotopic (exact) mass is 426 g/mol. The highest BCUT2D eigenvalue weighted by Gasteiger charge is 2.52. The van der Waals surface area contributed by atoms with Gasteiger partial charge in [-0.1, -0.05) is 47.5 Å². The molecule has 27 heavy (non-hydrogen) atoms. The van der Waals surface area contributed by atoms with Crippen LogP contribution in [0, 0.1) is 13.8 Å². The molecule has 0 amide bonds. The Balaban J connectivity index is 1.86. The van der Waals surface area contributed by atoms with E-state index in [0.717, 1.165) is 5.46 Å². The first-order valence-electron chi connectivity index (χ1n) is 9.67. The van der Waals surface area contributed by atoms with E-state index in [4.69, 9.17) is 9.31 Å². The first-order valence-corrected chi connectivity index (χ1v) is 10.5. The molecule has 1 heterocycles. The normalized spacial score (nSPS) is 21.3. The zero-order valence-electron chi connectivity index (χ0n) is 17.6. The molecule has 0 N–H and O–H groups in total. The van der Waals surface area contributed by atoms with Gasteiger partial charge in [-0.3, -0.25) is 0 Å². The second-order valence-corrected chi connectivity index (χ2v) is 10.5. The van der Waals surface area contributed by atoms with E-state index in [-0.39, 0.29) is 23.7 Å². The van der Waals surface area contributed by atoms with Crippen molar-refractivity contribution in [3.63, 3.8) is 0 Å². The molecule has 2 aliphatic rings. The van der Waals surface area contributed by atoms with Crippen LogP contribution in [0.15, 0.2) is 28.7 Å². The first kappa shape index (κ1) is 19.2. The Morgan fingerprint density at radius 2 is 1.22 bits per heavy atom. The third kappa shape index (κ3) is 2.67. The van der Waals surface area contributed by atoms with E-state index in [2.05, 4.69) is 95.6 Å². The summed E-state index contributed by atoms with van der Waals surface area (Å²) in [5.41, 5.74) is 8.33. The van der Waals surface area contributed by atoms with Gasteiger partial charge in [0.2, 0.25) is 0 Å². The van der Waals surface area contributed by atoms with Gasteiger partial charge in [0.1, 0.15) is 0 Å². The van der Waals surface area contributed by atoms with E-state index in [1.165, 1.54) is 37.9 Å². The highest BCUT2D eigenvalue weighted by atomic mass is 79.9. The van der Waals surface area contributed by atoms with Crippen molar-refractivity contribution in [2.75, 3.05) is 0 Å². The van der Waals surface area contributed by atoms with Gasteiger partial charge >= 0.3 is 7.12 Å². The molecule has 2 aromatic rings. The Labute approximate surface area is 171 Å². The van der Waals surface area contributed by atoms with Crippen molar-refractivity contribution in [2.45, 2.75) is 72.0 Å². The van der Waals surface area contributed by atoms with Crippen LogP contribution < -0.4 is 5.46 Å². The second-order valence-electron chi connectivity index (χ2n) is 9.61. The lowest BCUT2D eigenvalue weighted by molar-refractivity contribution is 0.00578. The van der Waals surface area contributed by atoms with Crippen molar-refractivity contribution >= 4 is 28.5 Å². The van der Waals surface area contributed by atoms with Gasteiger partial charge < -0.3 is 9.31 Å². The average molecular weight is 427 g/mol. The van der Waals surface area contributed by atoms with Crippen molar-refractivity contribution in [3.8, 4) is 11.1 Å². The molecule has 2 nitrogen and oxygen atoms in total. The molecular formula is C23H28BBrO2. The van der Waals surface area contributed by atoms with Crippen molar-refractivity contribution < 1.29 is 9.31 Å². The van der Waals surface area contributed by atoms with E-state index in [1.54, 1.807) is 0 Å². The van der Waals surface area contributed by atoms with E-state index in [0.29, 0.717) is 0 Å². The van der Waals surface area contributed by atoms with Crippen LogP contribution in [0.25, 0.3) is 11.1 Å². The Kier molecular flexibility index (Phi) is 4.07. The van der Waals surface area contributed by atoms with Crippen LogP contribution in [0.5, 0.6) is 0 Å². The van der Waals surface area contributed by atoms with E-state index >= 15 is 0 Å². The highest BCUT2D eigenvalue weighted by molar-refractivity contribution is 9.10. The predicted molar refractivity (Wildman–Crippen MR) is 117 cm³/mol. The van der Waals surface area contributed by atoms with Gasteiger partial charge in [-0.15, -0.1) is 0 Å². The van der Waals surface area contributed by atoms with Crippen molar-refractivity contribution in [3.05, 3.63) is 51.0 Å². The summed E-state index contributed by atoms with van der Waals surface area (Å²) in [5.74, 6) is 0. The van der Waals surface area contributed by atoms with Crippen molar-refractivity contribution in [1.29, 1.82) is 0 Å². The molecule has 1 fully saturated rings. The maximum absolute atomic E-state index is 6.34. The molecule has 2 aromatic carbocycles. The number of rotatable bonds is 1. The topological polar surface area (TPSA) is 18.5 Å². The summed E-state index contributed by atoms with van der Waals surface area (Å²) in [5, 5.41) is 0. The third-order valence-corrected chi connectivity index (χ3v) is 7.70. The Morgan fingerprint density at radius 3 is 1.78 bits per heavy atom. The lowest BCUT2D eigenvalue weighted by Crippen LogP contribution is -2.41. The highest BCUT2D eigenvalue weighted by Crippen LogP contribution is 2.50. The molecule has 1 aliphatic heterocycles. The van der Waals surface area contributed by atoms with Gasteiger partial charge in [0.05, 0.1) is 11.2 Å². The van der Waals surface area contributed by atoms with Crippen LogP contribution in [-0.2, 0) is 14.7 Å². The fourth-order valence-electron chi connectivity index (χ4n) is 4.26. The smallest absolute Gasteiger partial charge is 0.399 e. The molecule has 142 valence electrons. The molecule has 0 aromatic heterocycles. The number of fused-ring (bicyclic) bond motifs is 3. The second kappa shape index (κ2) is 5.71. The van der Waals surface area contributed by atoms with Crippen LogP contribution in [-0.4, -0.2) is 18.3 Å². The molecule has 0 radical (unpaired) electrons. The minimum atomic E-state index is -0.330. The average Bonchev–Trinajstić information content (AvgIpc) is 2.87. The van der Waals surface area contributed by atoms with Crippen LogP contribution >= 0.6 is 15.9 Å². The fourth-order valence-corrected chi connectivity index (χ4v) is 4.60. The zero-order chi connectivity index (χ0) is 19.9. The van der Waals surface area contributed by atoms with Gasteiger partial charge in [0.25, 0.3) is 0 Å². The largest absolute Gasteiger partial charge is 0.495 e. The van der Waals surface area contributed by atoms with Crippen LogP contribution in [0.1, 0.15) is 63.8 Å². The Hall–Kier alpha value is -1.10. The fraction of sp³-hybridized carbons (Fsp3) is 0.478. The molecular weight excluding hydrogens is 399 g/mol. The van der Waals surface area contributed by atoms with Gasteiger partial charge in [-0.25, -0.2) is 0 Å². The maximum Gasteiger partial charge on any atom is 0.495 e. The molecule has 1 aliphatic carbocycles. The summed E-state index contributed by atoms with van der Waals surface area (Å²) in [6, 6.07) is 9.22. The standard InChI is InChI=1S/C23H28BBrO2/c1-13-9-15-16-10-14(2)20(25)12-18(16)21(3,4)17(15)11-19(13)24-26-22(5,6)23(7,8)27-24/h9-12H,1-8H3. The first-order chi connectivity index (χ1) is 12.3. The van der Waals surface area contributed by atoms with Gasteiger partial charge in [0, 0.05) is 9.89 Å². The molecule has 0 unspecified atom stereocenters. The zero-order valence-corrected chi connectivity index (χ0v) is 19.2. The molecule has 4 rings (SSSR count). The summed E-state index contributed by atoms with van der Waals surface area (Å²) in [4.78, 5) is 0. The maximum atomic E-state index is 6.34. The minimum Gasteiger partial charge on any atom is -0.399 e. The third-order valence-electron chi connectivity index (χ3n) is 6.85. The molecule has 1 saturated heterocycles. The van der Waals surface area contributed by atoms with E-state index in [1.807, 2.05) is 0 Å². The number of hydrogen-bond donors (Lipinski definition) is 0. The van der Waals surface area contributed by atoms with E-state index < -0.39 is 0 Å². The Bertz CT molecular complexity index is 943. The number of hydrogen-bond acceptors (Lipinski definition) is 2. The lowest BCUT2D eigenvalue weighted by atomic mass is 9.72. The Morgan fingerprint density at radius 1 is 0.741 bits per heavy atom. The van der Waals surface area contributed by atoms with Gasteiger partial charge in [0.15, 0.2) is 0 Å².